The van der Waals surface area contributed by atoms with Crippen molar-refractivity contribution < 1.29 is 0 Å². The smallest absolute Gasteiger partial charge is 0.0746 e. The lowest BCUT2D eigenvalue weighted by molar-refractivity contribution is 0.208. The van der Waals surface area contributed by atoms with Crippen molar-refractivity contribution in [3.8, 4) is 0 Å². The van der Waals surface area contributed by atoms with Gasteiger partial charge in [0.25, 0.3) is 0 Å². The second kappa shape index (κ2) is 10.1. The third-order valence-corrected chi connectivity index (χ3v) is 6.78. The Labute approximate surface area is 211 Å². The SMILES string of the molecule is c1ccc(C(c2ccccc2)N(Cc2cccc3cccnc23)Cc2cccc3cccnc23)cc1. The number of fused-ring (bicyclic) bond motifs is 2. The molecule has 174 valence electrons. The van der Waals surface area contributed by atoms with Crippen LogP contribution in [0.15, 0.2) is 134 Å². The molecule has 0 atom stereocenters. The van der Waals surface area contributed by atoms with Crippen LogP contribution < -0.4 is 0 Å². The maximum atomic E-state index is 4.76. The molecule has 3 heteroatoms. The second-order valence-electron chi connectivity index (χ2n) is 9.11. The molecule has 0 N–H and O–H groups in total. The van der Waals surface area contributed by atoms with Crippen molar-refractivity contribution in [2.45, 2.75) is 19.1 Å². The van der Waals surface area contributed by atoms with Gasteiger partial charge in [0, 0.05) is 36.3 Å². The first-order valence-corrected chi connectivity index (χ1v) is 12.4. The zero-order valence-corrected chi connectivity index (χ0v) is 20.0. The number of rotatable bonds is 7. The molecule has 0 saturated heterocycles. The van der Waals surface area contributed by atoms with Gasteiger partial charge in [-0.1, -0.05) is 109 Å². The Kier molecular flexibility index (Phi) is 6.22. The van der Waals surface area contributed by atoms with Gasteiger partial charge in [-0.05, 0) is 34.4 Å². The van der Waals surface area contributed by atoms with Crippen LogP contribution >= 0.6 is 0 Å². The van der Waals surface area contributed by atoms with E-state index in [0.717, 1.165) is 34.9 Å². The molecule has 0 radical (unpaired) electrons. The highest BCUT2D eigenvalue weighted by Crippen LogP contribution is 2.33. The van der Waals surface area contributed by atoms with Crippen LogP contribution in [-0.2, 0) is 13.1 Å². The van der Waals surface area contributed by atoms with Gasteiger partial charge in [-0.3, -0.25) is 14.9 Å². The zero-order valence-electron chi connectivity index (χ0n) is 20.0. The molecule has 4 aromatic carbocycles. The molecule has 0 aliphatic rings. The molecule has 0 aliphatic heterocycles. The van der Waals surface area contributed by atoms with Crippen molar-refractivity contribution in [3.63, 3.8) is 0 Å². The zero-order chi connectivity index (χ0) is 24.2. The third-order valence-electron chi connectivity index (χ3n) is 6.78. The van der Waals surface area contributed by atoms with Gasteiger partial charge in [0.1, 0.15) is 0 Å². The molecule has 6 aromatic rings. The van der Waals surface area contributed by atoms with Crippen molar-refractivity contribution in [3.05, 3.63) is 156 Å². The molecular formula is C33H27N3. The van der Waals surface area contributed by atoms with Crippen LogP contribution in [0.3, 0.4) is 0 Å². The number of benzene rings is 4. The summed E-state index contributed by atoms with van der Waals surface area (Å²) in [5.74, 6) is 0. The van der Waals surface area contributed by atoms with E-state index in [2.05, 4.69) is 114 Å². The highest BCUT2D eigenvalue weighted by Gasteiger charge is 2.24. The van der Waals surface area contributed by atoms with Crippen molar-refractivity contribution in [1.82, 2.24) is 14.9 Å². The van der Waals surface area contributed by atoms with Gasteiger partial charge >= 0.3 is 0 Å². The lowest BCUT2D eigenvalue weighted by atomic mass is 9.95. The molecule has 0 bridgehead atoms. The monoisotopic (exact) mass is 465 g/mol. The van der Waals surface area contributed by atoms with Crippen LogP contribution in [-0.4, -0.2) is 14.9 Å². The van der Waals surface area contributed by atoms with Crippen LogP contribution in [0, 0.1) is 0 Å². The Hall–Kier alpha value is -4.34. The molecule has 0 aliphatic carbocycles. The molecule has 3 nitrogen and oxygen atoms in total. The van der Waals surface area contributed by atoms with Gasteiger partial charge in [-0.2, -0.15) is 0 Å². The normalized spacial score (nSPS) is 11.5. The number of nitrogens with zero attached hydrogens (tertiary/aromatic N) is 3. The summed E-state index contributed by atoms with van der Waals surface area (Å²) >= 11 is 0. The molecule has 0 unspecified atom stereocenters. The van der Waals surface area contributed by atoms with E-state index in [1.165, 1.54) is 22.3 Å². The fraction of sp³-hybridized carbons (Fsp3) is 0.0909. The summed E-state index contributed by atoms with van der Waals surface area (Å²) in [5.41, 5.74) is 7.09. The number of para-hydroxylation sites is 2. The molecule has 0 spiro atoms. The Morgan fingerprint density at radius 2 is 0.917 bits per heavy atom. The molecule has 2 heterocycles. The molecule has 0 saturated carbocycles. The van der Waals surface area contributed by atoms with E-state index in [4.69, 9.17) is 9.97 Å². The summed E-state index contributed by atoms with van der Waals surface area (Å²) in [4.78, 5) is 12.1. The van der Waals surface area contributed by atoms with Gasteiger partial charge in [0.05, 0.1) is 17.1 Å². The van der Waals surface area contributed by atoms with Crippen LogP contribution in [0.25, 0.3) is 21.8 Å². The van der Waals surface area contributed by atoms with Crippen molar-refractivity contribution in [2.75, 3.05) is 0 Å². The summed E-state index contributed by atoms with van der Waals surface area (Å²) in [5, 5.41) is 2.33. The number of hydrogen-bond acceptors (Lipinski definition) is 3. The Balaban J connectivity index is 1.51. The maximum Gasteiger partial charge on any atom is 0.0746 e. The lowest BCUT2D eigenvalue weighted by Crippen LogP contribution is -2.29. The van der Waals surface area contributed by atoms with Gasteiger partial charge in [0.15, 0.2) is 0 Å². The molecule has 36 heavy (non-hydrogen) atoms. The number of aromatic nitrogens is 2. The minimum absolute atomic E-state index is 0.0744. The largest absolute Gasteiger partial charge is 0.284 e. The molecular weight excluding hydrogens is 438 g/mol. The van der Waals surface area contributed by atoms with E-state index in [0.29, 0.717) is 0 Å². The first kappa shape index (κ1) is 22.1. The highest BCUT2D eigenvalue weighted by molar-refractivity contribution is 5.82. The standard InChI is InChI=1S/C33H27N3/c1-3-11-27(12-4-1)33(28-13-5-2-6-14-28)36(23-29-17-7-15-25-19-9-21-34-31(25)29)24-30-18-8-16-26-20-10-22-35-32(26)30/h1-22,33H,23-24H2. The van der Waals surface area contributed by atoms with E-state index in [1.54, 1.807) is 0 Å². The topological polar surface area (TPSA) is 29.0 Å². The average Bonchev–Trinajstić information content (AvgIpc) is 2.95. The van der Waals surface area contributed by atoms with E-state index in [9.17, 15) is 0 Å². The maximum absolute atomic E-state index is 4.76. The van der Waals surface area contributed by atoms with Crippen LogP contribution in [0.2, 0.25) is 0 Å². The van der Waals surface area contributed by atoms with Crippen LogP contribution in [0.5, 0.6) is 0 Å². The minimum atomic E-state index is 0.0744. The van der Waals surface area contributed by atoms with E-state index < -0.39 is 0 Å². The summed E-state index contributed by atoms with van der Waals surface area (Å²) in [6.07, 6.45) is 3.77. The summed E-state index contributed by atoms with van der Waals surface area (Å²) in [6, 6.07) is 42.9. The van der Waals surface area contributed by atoms with Crippen molar-refractivity contribution in [1.29, 1.82) is 0 Å². The predicted molar refractivity (Wildman–Crippen MR) is 147 cm³/mol. The van der Waals surface area contributed by atoms with Crippen molar-refractivity contribution >= 4 is 21.8 Å². The molecule has 6 rings (SSSR count). The van der Waals surface area contributed by atoms with E-state index in [-0.39, 0.29) is 6.04 Å². The van der Waals surface area contributed by atoms with Crippen LogP contribution in [0.4, 0.5) is 0 Å². The van der Waals surface area contributed by atoms with Gasteiger partial charge in [-0.15, -0.1) is 0 Å². The first-order valence-electron chi connectivity index (χ1n) is 12.4. The quantitative estimate of drug-likeness (QED) is 0.243. The summed E-state index contributed by atoms with van der Waals surface area (Å²) in [6.45, 7) is 1.51. The summed E-state index contributed by atoms with van der Waals surface area (Å²) in [7, 11) is 0. The fourth-order valence-corrected chi connectivity index (χ4v) is 5.15. The number of hydrogen-bond donors (Lipinski definition) is 0. The van der Waals surface area contributed by atoms with Gasteiger partial charge < -0.3 is 0 Å². The fourth-order valence-electron chi connectivity index (χ4n) is 5.15. The molecule has 0 fully saturated rings. The van der Waals surface area contributed by atoms with Gasteiger partial charge in [-0.25, -0.2) is 0 Å². The van der Waals surface area contributed by atoms with Gasteiger partial charge in [0.2, 0.25) is 0 Å². The average molecular weight is 466 g/mol. The first-order chi connectivity index (χ1) is 17.9. The number of pyridine rings is 2. The van der Waals surface area contributed by atoms with E-state index >= 15 is 0 Å². The van der Waals surface area contributed by atoms with Crippen molar-refractivity contribution in [2.24, 2.45) is 0 Å². The molecule has 2 aromatic heterocycles. The Bertz CT molecular complexity index is 1460. The minimum Gasteiger partial charge on any atom is -0.284 e. The lowest BCUT2D eigenvalue weighted by Gasteiger charge is -2.33. The Morgan fingerprint density at radius 3 is 1.39 bits per heavy atom. The van der Waals surface area contributed by atoms with Crippen LogP contribution in [0.1, 0.15) is 28.3 Å². The second-order valence-corrected chi connectivity index (χ2v) is 9.11. The molecule has 0 amide bonds. The Morgan fingerprint density at radius 1 is 0.472 bits per heavy atom. The highest BCUT2D eigenvalue weighted by atomic mass is 15.2. The predicted octanol–water partition coefficient (Wildman–Crippen LogP) is 7.57. The van der Waals surface area contributed by atoms with E-state index in [1.807, 2.05) is 24.5 Å². The third kappa shape index (κ3) is 4.49. The summed E-state index contributed by atoms with van der Waals surface area (Å²) < 4.78 is 0.